The summed E-state index contributed by atoms with van der Waals surface area (Å²) >= 11 is 0. The van der Waals surface area contributed by atoms with Crippen molar-refractivity contribution in [3.05, 3.63) is 41.7 Å². The van der Waals surface area contributed by atoms with Gasteiger partial charge in [0.25, 0.3) is 0 Å². The highest BCUT2D eigenvalue weighted by Gasteiger charge is 2.25. The highest BCUT2D eigenvalue weighted by atomic mass is 16.3. The van der Waals surface area contributed by atoms with Crippen LogP contribution in [0.25, 0.3) is 0 Å². The van der Waals surface area contributed by atoms with Crippen LogP contribution in [-0.2, 0) is 10.8 Å². The van der Waals surface area contributed by atoms with Crippen LogP contribution in [0.4, 0.5) is 11.6 Å². The van der Waals surface area contributed by atoms with Gasteiger partial charge in [0.05, 0.1) is 5.69 Å². The lowest BCUT2D eigenvalue weighted by molar-refractivity contribution is 0.447. The van der Waals surface area contributed by atoms with Crippen LogP contribution >= 0.6 is 0 Å². The quantitative estimate of drug-likeness (QED) is 0.800. The number of phenols is 1. The largest absolute Gasteiger partial charge is 0.505 e. The summed E-state index contributed by atoms with van der Waals surface area (Å²) in [6, 6.07) is 5.82. The number of rotatable bonds is 2. The molecule has 0 fully saturated rings. The Morgan fingerprint density at radius 1 is 0.909 bits per heavy atom. The first-order valence-corrected chi connectivity index (χ1v) is 7.51. The molecule has 0 atom stereocenters. The standard InChI is InChI=1S/C18H25N3O/c1-17(2,3)12-10-13(18(4,5)6)15(22)14(11-12)21-16-19-8-7-9-20-16/h7-11,22H,1-6H3,(H,19,20,21). The number of aromatic nitrogens is 2. The topological polar surface area (TPSA) is 58.0 Å². The molecule has 4 heteroatoms. The Morgan fingerprint density at radius 3 is 2.00 bits per heavy atom. The SMILES string of the molecule is CC(C)(C)c1cc(Nc2ncccn2)c(O)c(C(C)(C)C)c1. The van der Waals surface area contributed by atoms with Gasteiger partial charge >= 0.3 is 0 Å². The van der Waals surface area contributed by atoms with Crippen molar-refractivity contribution in [1.82, 2.24) is 9.97 Å². The van der Waals surface area contributed by atoms with E-state index in [0.717, 1.165) is 11.1 Å². The van der Waals surface area contributed by atoms with Gasteiger partial charge in [-0.1, -0.05) is 47.6 Å². The van der Waals surface area contributed by atoms with Gasteiger partial charge in [0.1, 0.15) is 5.75 Å². The van der Waals surface area contributed by atoms with Crippen molar-refractivity contribution in [3.63, 3.8) is 0 Å². The normalized spacial score (nSPS) is 12.3. The molecular formula is C18H25N3O. The third-order valence-electron chi connectivity index (χ3n) is 3.60. The van der Waals surface area contributed by atoms with Crippen LogP contribution in [0.2, 0.25) is 0 Å². The van der Waals surface area contributed by atoms with Gasteiger partial charge in [0.2, 0.25) is 5.95 Å². The number of hydrogen-bond acceptors (Lipinski definition) is 4. The van der Waals surface area contributed by atoms with E-state index in [-0.39, 0.29) is 16.6 Å². The second kappa shape index (κ2) is 5.59. The third kappa shape index (κ3) is 3.56. The van der Waals surface area contributed by atoms with Crippen molar-refractivity contribution in [2.24, 2.45) is 0 Å². The third-order valence-corrected chi connectivity index (χ3v) is 3.60. The van der Waals surface area contributed by atoms with E-state index in [9.17, 15) is 5.11 Å². The fourth-order valence-electron chi connectivity index (χ4n) is 2.22. The number of benzene rings is 1. The molecule has 2 aromatic rings. The highest BCUT2D eigenvalue weighted by Crippen LogP contribution is 2.40. The molecule has 2 N–H and O–H groups in total. The first-order valence-electron chi connectivity index (χ1n) is 7.51. The van der Waals surface area contributed by atoms with E-state index in [4.69, 9.17) is 0 Å². The number of anilines is 2. The second-order valence-electron chi connectivity index (χ2n) is 7.62. The summed E-state index contributed by atoms with van der Waals surface area (Å²) in [5.74, 6) is 0.733. The van der Waals surface area contributed by atoms with Crippen LogP contribution in [0.15, 0.2) is 30.6 Å². The Morgan fingerprint density at radius 2 is 1.50 bits per heavy atom. The van der Waals surface area contributed by atoms with E-state index >= 15 is 0 Å². The molecule has 22 heavy (non-hydrogen) atoms. The predicted octanol–water partition coefficient (Wildman–Crippen LogP) is 4.52. The first-order chi connectivity index (χ1) is 10.1. The second-order valence-corrected chi connectivity index (χ2v) is 7.62. The minimum absolute atomic E-state index is 0.0122. The maximum absolute atomic E-state index is 10.7. The molecule has 118 valence electrons. The molecule has 0 amide bonds. The summed E-state index contributed by atoms with van der Waals surface area (Å²) in [6.07, 6.45) is 3.34. The van der Waals surface area contributed by atoms with Crippen molar-refractivity contribution in [2.45, 2.75) is 52.4 Å². The average Bonchev–Trinajstić information content (AvgIpc) is 2.39. The van der Waals surface area contributed by atoms with Gasteiger partial charge in [-0.15, -0.1) is 0 Å². The van der Waals surface area contributed by atoms with E-state index in [1.807, 2.05) is 6.07 Å². The van der Waals surface area contributed by atoms with Gasteiger partial charge in [-0.05, 0) is 28.5 Å². The monoisotopic (exact) mass is 299 g/mol. The molecule has 0 bridgehead atoms. The number of hydrogen-bond donors (Lipinski definition) is 2. The van der Waals surface area contributed by atoms with Gasteiger partial charge in [-0.3, -0.25) is 0 Å². The fraction of sp³-hybridized carbons (Fsp3) is 0.444. The molecule has 0 aliphatic carbocycles. The van der Waals surface area contributed by atoms with Crippen molar-refractivity contribution in [3.8, 4) is 5.75 Å². The number of nitrogens with zero attached hydrogens (tertiary/aromatic N) is 2. The average molecular weight is 299 g/mol. The maximum Gasteiger partial charge on any atom is 0.227 e. The van der Waals surface area contributed by atoms with Crippen LogP contribution in [-0.4, -0.2) is 15.1 Å². The minimum atomic E-state index is -0.153. The van der Waals surface area contributed by atoms with Crippen LogP contribution in [0, 0.1) is 0 Å². The van der Waals surface area contributed by atoms with Gasteiger partial charge in [0.15, 0.2) is 0 Å². The summed E-state index contributed by atoms with van der Waals surface area (Å²) in [7, 11) is 0. The van der Waals surface area contributed by atoms with Crippen LogP contribution in [0.5, 0.6) is 5.75 Å². The highest BCUT2D eigenvalue weighted by molar-refractivity contribution is 5.67. The molecule has 1 aromatic heterocycles. The Kier molecular flexibility index (Phi) is 4.14. The van der Waals surface area contributed by atoms with E-state index < -0.39 is 0 Å². The molecule has 0 spiro atoms. The Balaban J connectivity index is 2.57. The predicted molar refractivity (Wildman–Crippen MR) is 90.8 cm³/mol. The lowest BCUT2D eigenvalue weighted by Gasteiger charge is -2.27. The summed E-state index contributed by atoms with van der Waals surface area (Å²) in [4.78, 5) is 8.33. The lowest BCUT2D eigenvalue weighted by atomic mass is 9.79. The van der Waals surface area contributed by atoms with Crippen LogP contribution in [0.1, 0.15) is 52.7 Å². The first kappa shape index (κ1) is 16.3. The van der Waals surface area contributed by atoms with Crippen molar-refractivity contribution >= 4 is 11.6 Å². The molecule has 0 unspecified atom stereocenters. The molecule has 1 heterocycles. The Bertz CT molecular complexity index is 653. The van der Waals surface area contributed by atoms with Crippen LogP contribution in [0.3, 0.4) is 0 Å². The molecule has 4 nitrogen and oxygen atoms in total. The molecule has 0 aliphatic rings. The molecule has 0 saturated carbocycles. The van der Waals surface area contributed by atoms with Crippen LogP contribution < -0.4 is 5.32 Å². The summed E-state index contributed by atoms with van der Waals surface area (Å²) < 4.78 is 0. The molecule has 0 aliphatic heterocycles. The van der Waals surface area contributed by atoms with E-state index in [2.05, 4.69) is 62.9 Å². The van der Waals surface area contributed by atoms with E-state index in [0.29, 0.717) is 11.6 Å². The van der Waals surface area contributed by atoms with Gasteiger partial charge < -0.3 is 10.4 Å². The summed E-state index contributed by atoms with van der Waals surface area (Å²) in [6.45, 7) is 12.8. The van der Waals surface area contributed by atoms with Crippen molar-refractivity contribution < 1.29 is 5.11 Å². The smallest absolute Gasteiger partial charge is 0.227 e. The van der Waals surface area contributed by atoms with E-state index in [1.165, 1.54) is 0 Å². The zero-order valence-electron chi connectivity index (χ0n) is 14.2. The summed E-state index contributed by atoms with van der Waals surface area (Å²) in [5.41, 5.74) is 2.55. The lowest BCUT2D eigenvalue weighted by Crippen LogP contribution is -2.17. The maximum atomic E-state index is 10.7. The molecule has 0 radical (unpaired) electrons. The van der Waals surface area contributed by atoms with Gasteiger partial charge in [-0.25, -0.2) is 9.97 Å². The molecule has 1 aromatic carbocycles. The molecular weight excluding hydrogens is 274 g/mol. The number of phenolic OH excluding ortho intramolecular Hbond substituents is 1. The van der Waals surface area contributed by atoms with Gasteiger partial charge in [0, 0.05) is 18.0 Å². The number of nitrogens with one attached hydrogen (secondary N) is 1. The fourth-order valence-corrected chi connectivity index (χ4v) is 2.22. The zero-order valence-corrected chi connectivity index (χ0v) is 14.2. The van der Waals surface area contributed by atoms with Crippen molar-refractivity contribution in [2.75, 3.05) is 5.32 Å². The Labute approximate surface area is 132 Å². The Hall–Kier alpha value is -2.10. The van der Waals surface area contributed by atoms with Crippen molar-refractivity contribution in [1.29, 1.82) is 0 Å². The molecule has 2 rings (SSSR count). The molecule has 0 saturated heterocycles. The number of aromatic hydroxyl groups is 1. The van der Waals surface area contributed by atoms with E-state index in [1.54, 1.807) is 18.5 Å². The summed E-state index contributed by atoms with van der Waals surface area (Å²) in [5, 5.41) is 13.8. The zero-order chi connectivity index (χ0) is 16.5. The minimum Gasteiger partial charge on any atom is -0.505 e. The van der Waals surface area contributed by atoms with Gasteiger partial charge in [-0.2, -0.15) is 0 Å².